The molecule has 0 radical (unpaired) electrons. The summed E-state index contributed by atoms with van der Waals surface area (Å²) < 4.78 is 0. The molecule has 24 heavy (non-hydrogen) atoms. The molecule has 0 unspecified atom stereocenters. The summed E-state index contributed by atoms with van der Waals surface area (Å²) >= 11 is 12.1. The Morgan fingerprint density at radius 1 is 0.958 bits per heavy atom. The minimum Gasteiger partial charge on any atom is -0.366 e. The second kappa shape index (κ2) is 6.37. The summed E-state index contributed by atoms with van der Waals surface area (Å²) in [4.78, 5) is 12.7. The van der Waals surface area contributed by atoms with Crippen LogP contribution in [0.4, 0.5) is 11.5 Å². The lowest BCUT2D eigenvalue weighted by molar-refractivity contribution is 0.647. The van der Waals surface area contributed by atoms with Gasteiger partial charge in [-0.25, -0.2) is 9.97 Å². The van der Waals surface area contributed by atoms with Crippen molar-refractivity contribution in [2.75, 3.05) is 36.0 Å². The summed E-state index contributed by atoms with van der Waals surface area (Å²) in [6.07, 6.45) is 3.48. The van der Waals surface area contributed by atoms with Crippen LogP contribution in [0.3, 0.4) is 0 Å². The van der Waals surface area contributed by atoms with Gasteiger partial charge in [0.1, 0.15) is 11.3 Å². The number of aromatic nitrogens is 4. The van der Waals surface area contributed by atoms with Gasteiger partial charge in [0, 0.05) is 37.8 Å². The van der Waals surface area contributed by atoms with Crippen LogP contribution in [0.2, 0.25) is 10.3 Å². The second-order valence-corrected chi connectivity index (χ2v) is 6.27. The summed E-state index contributed by atoms with van der Waals surface area (Å²) in [7, 11) is 0. The van der Waals surface area contributed by atoms with Gasteiger partial charge in [0.2, 0.25) is 5.28 Å². The molecule has 1 aromatic carbocycles. The molecule has 0 amide bonds. The molecule has 6 nitrogen and oxygen atoms in total. The number of piperazine rings is 1. The predicted octanol–water partition coefficient (Wildman–Crippen LogP) is 3.05. The number of rotatable bonds is 2. The fraction of sp³-hybridized carbons (Fsp3) is 0.250. The van der Waals surface area contributed by atoms with Gasteiger partial charge < -0.3 is 9.80 Å². The first-order valence-electron chi connectivity index (χ1n) is 7.61. The maximum absolute atomic E-state index is 6.23. The lowest BCUT2D eigenvalue weighted by Gasteiger charge is -2.36. The molecule has 1 fully saturated rings. The summed E-state index contributed by atoms with van der Waals surface area (Å²) in [5.74, 6) is 0.857. The maximum atomic E-state index is 6.23. The van der Waals surface area contributed by atoms with Gasteiger partial charge in [-0.1, -0.05) is 23.7 Å². The Bertz CT molecular complexity index is 879. The maximum Gasteiger partial charge on any atom is 0.224 e. The molecule has 1 aliphatic rings. The normalized spacial score (nSPS) is 15.1. The zero-order valence-electron chi connectivity index (χ0n) is 12.7. The van der Waals surface area contributed by atoms with Gasteiger partial charge in [-0.2, -0.15) is 5.10 Å². The Morgan fingerprint density at radius 2 is 1.75 bits per heavy atom. The van der Waals surface area contributed by atoms with Crippen LogP contribution in [0.5, 0.6) is 0 Å². The molecule has 2 aromatic heterocycles. The molecule has 3 aromatic rings. The smallest absolute Gasteiger partial charge is 0.224 e. The molecule has 0 saturated carbocycles. The number of halogens is 2. The third-order valence-corrected chi connectivity index (χ3v) is 4.64. The average molecular weight is 361 g/mol. The Kier molecular flexibility index (Phi) is 4.08. The average Bonchev–Trinajstić information content (AvgIpc) is 2.62. The summed E-state index contributed by atoms with van der Waals surface area (Å²) in [5, 5.41) is 10.2. The van der Waals surface area contributed by atoms with Crippen molar-refractivity contribution in [3.63, 3.8) is 0 Å². The van der Waals surface area contributed by atoms with Crippen molar-refractivity contribution in [2.45, 2.75) is 0 Å². The van der Waals surface area contributed by atoms with Gasteiger partial charge in [0.05, 0.1) is 16.9 Å². The van der Waals surface area contributed by atoms with Gasteiger partial charge >= 0.3 is 0 Å². The van der Waals surface area contributed by atoms with E-state index in [0.717, 1.165) is 48.6 Å². The fourth-order valence-electron chi connectivity index (χ4n) is 2.97. The van der Waals surface area contributed by atoms with Crippen LogP contribution < -0.4 is 9.80 Å². The topological polar surface area (TPSA) is 58.0 Å². The molecule has 8 heteroatoms. The third kappa shape index (κ3) is 2.83. The molecule has 0 aliphatic carbocycles. The molecule has 122 valence electrons. The van der Waals surface area contributed by atoms with E-state index in [2.05, 4.69) is 30.0 Å². The minimum absolute atomic E-state index is 0.272. The molecular weight excluding hydrogens is 347 g/mol. The highest BCUT2D eigenvalue weighted by Gasteiger charge is 2.20. The molecule has 4 rings (SSSR count). The molecule has 0 bridgehead atoms. The minimum atomic E-state index is 0.272. The van der Waals surface area contributed by atoms with E-state index >= 15 is 0 Å². The van der Waals surface area contributed by atoms with E-state index < -0.39 is 0 Å². The summed E-state index contributed by atoms with van der Waals surface area (Å²) in [6.45, 7) is 3.40. The fourth-order valence-corrected chi connectivity index (χ4v) is 3.32. The highest BCUT2D eigenvalue weighted by molar-refractivity contribution is 6.35. The third-order valence-electron chi connectivity index (χ3n) is 4.16. The Balaban J connectivity index is 1.57. The van der Waals surface area contributed by atoms with Crippen molar-refractivity contribution in [2.24, 2.45) is 0 Å². The Hall–Kier alpha value is -2.18. The number of nitrogens with zero attached hydrogens (tertiary/aromatic N) is 6. The molecule has 1 aliphatic heterocycles. The van der Waals surface area contributed by atoms with Gasteiger partial charge in [-0.3, -0.25) is 0 Å². The predicted molar refractivity (Wildman–Crippen MR) is 96.0 cm³/mol. The van der Waals surface area contributed by atoms with E-state index in [0.29, 0.717) is 5.02 Å². The van der Waals surface area contributed by atoms with E-state index in [4.69, 9.17) is 23.2 Å². The molecule has 3 heterocycles. The number of hydrogen-bond donors (Lipinski definition) is 0. The van der Waals surface area contributed by atoms with Crippen molar-refractivity contribution in [1.29, 1.82) is 0 Å². The monoisotopic (exact) mass is 360 g/mol. The van der Waals surface area contributed by atoms with Crippen LogP contribution in [0.25, 0.3) is 10.9 Å². The van der Waals surface area contributed by atoms with Crippen molar-refractivity contribution in [3.8, 4) is 0 Å². The largest absolute Gasteiger partial charge is 0.366 e. The van der Waals surface area contributed by atoms with Crippen molar-refractivity contribution in [1.82, 2.24) is 20.2 Å². The van der Waals surface area contributed by atoms with E-state index in [9.17, 15) is 0 Å². The molecule has 0 atom stereocenters. The number of fused-ring (bicyclic) bond motifs is 1. The first-order chi connectivity index (χ1) is 11.7. The highest BCUT2D eigenvalue weighted by atomic mass is 35.5. The van der Waals surface area contributed by atoms with Crippen LogP contribution in [0.15, 0.2) is 36.7 Å². The van der Waals surface area contributed by atoms with E-state index in [1.807, 2.05) is 24.3 Å². The molecule has 0 spiro atoms. The molecular formula is C16H14Cl2N6. The van der Waals surface area contributed by atoms with Crippen LogP contribution in [-0.2, 0) is 0 Å². The molecule has 1 saturated heterocycles. The first-order valence-corrected chi connectivity index (χ1v) is 8.36. The van der Waals surface area contributed by atoms with Crippen LogP contribution in [0.1, 0.15) is 0 Å². The SMILES string of the molecule is Clc1nccc(N2CCN(c3cnnc4c(Cl)cccc34)CC2)n1. The van der Waals surface area contributed by atoms with E-state index in [1.54, 1.807) is 12.4 Å². The van der Waals surface area contributed by atoms with Crippen molar-refractivity contribution in [3.05, 3.63) is 47.0 Å². The quantitative estimate of drug-likeness (QED) is 0.654. The number of anilines is 2. The Labute approximate surface area is 149 Å². The van der Waals surface area contributed by atoms with Gasteiger partial charge in [-0.05, 0) is 23.7 Å². The van der Waals surface area contributed by atoms with Crippen LogP contribution in [0, 0.1) is 0 Å². The van der Waals surface area contributed by atoms with E-state index in [-0.39, 0.29) is 5.28 Å². The molecule has 0 N–H and O–H groups in total. The number of benzene rings is 1. The van der Waals surface area contributed by atoms with Gasteiger partial charge in [0.15, 0.2) is 0 Å². The van der Waals surface area contributed by atoms with E-state index in [1.165, 1.54) is 0 Å². The number of hydrogen-bond acceptors (Lipinski definition) is 6. The lowest BCUT2D eigenvalue weighted by Crippen LogP contribution is -2.47. The van der Waals surface area contributed by atoms with Crippen LogP contribution >= 0.6 is 23.2 Å². The first kappa shape index (κ1) is 15.4. The highest BCUT2D eigenvalue weighted by Crippen LogP contribution is 2.29. The standard InChI is InChI=1S/C16H14Cl2N6/c17-12-3-1-2-11-13(10-20-22-15(11)12)23-6-8-24(9-7-23)14-4-5-19-16(18)21-14/h1-5,10H,6-9H2. The summed E-state index contributed by atoms with van der Waals surface area (Å²) in [5.41, 5.74) is 1.80. The van der Waals surface area contributed by atoms with Gasteiger partial charge in [0.25, 0.3) is 0 Å². The summed E-state index contributed by atoms with van der Waals surface area (Å²) in [6, 6.07) is 7.68. The van der Waals surface area contributed by atoms with Crippen molar-refractivity contribution < 1.29 is 0 Å². The Morgan fingerprint density at radius 3 is 2.54 bits per heavy atom. The zero-order valence-corrected chi connectivity index (χ0v) is 14.2. The van der Waals surface area contributed by atoms with Crippen LogP contribution in [-0.4, -0.2) is 46.3 Å². The van der Waals surface area contributed by atoms with Crippen molar-refractivity contribution >= 4 is 45.6 Å². The van der Waals surface area contributed by atoms with Gasteiger partial charge in [-0.15, -0.1) is 5.10 Å². The zero-order chi connectivity index (χ0) is 16.5. The lowest BCUT2D eigenvalue weighted by atomic mass is 10.1. The second-order valence-electron chi connectivity index (χ2n) is 5.52.